The maximum absolute atomic E-state index is 11.9. The van der Waals surface area contributed by atoms with Crippen LogP contribution < -0.4 is 5.73 Å². The van der Waals surface area contributed by atoms with Gasteiger partial charge >= 0.3 is 0 Å². The average Bonchev–Trinajstić information content (AvgIpc) is 3.22. The number of carbonyl (C=O) groups excluding carboxylic acids is 1. The second kappa shape index (κ2) is 8.26. The third-order valence-electron chi connectivity index (χ3n) is 4.95. The van der Waals surface area contributed by atoms with Crippen molar-refractivity contribution < 1.29 is 9.53 Å². The Morgan fingerprint density at radius 3 is 2.77 bits per heavy atom. The molecule has 0 saturated heterocycles. The number of fused-ring (bicyclic) bond motifs is 3. The van der Waals surface area contributed by atoms with Crippen molar-refractivity contribution in [3.05, 3.63) is 23.1 Å². The monoisotopic (exact) mass is 377 g/mol. The summed E-state index contributed by atoms with van der Waals surface area (Å²) in [4.78, 5) is 11.9. The van der Waals surface area contributed by atoms with Crippen molar-refractivity contribution in [1.29, 1.82) is 0 Å². The molecule has 2 aromatic heterocycles. The molecule has 26 heavy (non-hydrogen) atoms. The fraction of sp³-hybridized carbons (Fsp3) is 0.611. The van der Waals surface area contributed by atoms with E-state index in [0.717, 1.165) is 73.3 Å². The normalized spacial score (nSPS) is 14.1. The maximum atomic E-state index is 11.9. The zero-order valence-electron chi connectivity index (χ0n) is 15.4. The highest BCUT2D eigenvalue weighted by atomic mass is 32.1. The zero-order valence-corrected chi connectivity index (χ0v) is 16.3. The number of methoxy groups -OCH3 is 1. The molecule has 2 N–H and O–H groups in total. The number of carbonyl (C=O) groups is 1. The Labute approximate surface area is 159 Å². The molecule has 0 radical (unpaired) electrons. The standard InChI is InChI=1S/C18H27N5O2S/c1-12(25-2)23-11-14-15(20-23)8-7-13-16(18(19)24)21-22(17(13)14)9-5-3-4-6-10-26/h11-12,26H,3-10H2,1-2H3,(H2,19,24). The van der Waals surface area contributed by atoms with Crippen LogP contribution in [0.15, 0.2) is 6.20 Å². The Hall–Kier alpha value is -1.80. The van der Waals surface area contributed by atoms with Gasteiger partial charge in [-0.05, 0) is 38.4 Å². The molecule has 0 aromatic carbocycles. The van der Waals surface area contributed by atoms with Crippen LogP contribution in [0.5, 0.6) is 0 Å². The second-order valence-electron chi connectivity index (χ2n) is 6.71. The Bertz CT molecular complexity index is 783. The Balaban J connectivity index is 1.92. The number of amides is 1. The topological polar surface area (TPSA) is 88.0 Å². The summed E-state index contributed by atoms with van der Waals surface area (Å²) in [5.41, 5.74) is 9.97. The largest absolute Gasteiger partial charge is 0.364 e. The molecule has 2 heterocycles. The lowest BCUT2D eigenvalue weighted by Gasteiger charge is -2.14. The van der Waals surface area contributed by atoms with Crippen LogP contribution in [0.4, 0.5) is 0 Å². The maximum Gasteiger partial charge on any atom is 0.269 e. The molecule has 3 rings (SSSR count). The van der Waals surface area contributed by atoms with Crippen LogP contribution in [0.1, 0.15) is 60.6 Å². The predicted molar refractivity (Wildman–Crippen MR) is 103 cm³/mol. The third kappa shape index (κ3) is 3.66. The minimum atomic E-state index is -0.462. The summed E-state index contributed by atoms with van der Waals surface area (Å²) in [5.74, 6) is 0.458. The molecule has 0 fully saturated rings. The molecule has 0 aliphatic heterocycles. The summed E-state index contributed by atoms with van der Waals surface area (Å²) >= 11 is 4.25. The molecule has 1 aliphatic carbocycles. The summed E-state index contributed by atoms with van der Waals surface area (Å²) in [7, 11) is 1.66. The number of hydrogen-bond donors (Lipinski definition) is 2. The molecular formula is C18H27N5O2S. The fourth-order valence-electron chi connectivity index (χ4n) is 3.47. The van der Waals surface area contributed by atoms with Crippen molar-refractivity contribution in [1.82, 2.24) is 19.6 Å². The minimum Gasteiger partial charge on any atom is -0.364 e. The highest BCUT2D eigenvalue weighted by Crippen LogP contribution is 2.35. The van der Waals surface area contributed by atoms with Crippen LogP contribution in [-0.2, 0) is 24.1 Å². The first kappa shape index (κ1) is 19.0. The number of thiol groups is 1. The molecule has 1 amide bonds. The first-order valence-corrected chi connectivity index (χ1v) is 9.81. The summed E-state index contributed by atoms with van der Waals surface area (Å²) in [5, 5.41) is 9.20. The van der Waals surface area contributed by atoms with Crippen LogP contribution in [0.25, 0.3) is 11.3 Å². The van der Waals surface area contributed by atoms with Crippen molar-refractivity contribution in [2.45, 2.75) is 58.2 Å². The molecule has 7 nitrogen and oxygen atoms in total. The first-order chi connectivity index (χ1) is 12.6. The van der Waals surface area contributed by atoms with Gasteiger partial charge in [0.2, 0.25) is 0 Å². The number of nitrogens with zero attached hydrogens (tertiary/aromatic N) is 4. The number of nitrogens with two attached hydrogens (primary N) is 1. The molecular weight excluding hydrogens is 350 g/mol. The Morgan fingerprint density at radius 1 is 1.31 bits per heavy atom. The molecule has 1 aliphatic rings. The lowest BCUT2D eigenvalue weighted by atomic mass is 9.93. The number of primary amides is 1. The van der Waals surface area contributed by atoms with E-state index in [-0.39, 0.29) is 6.23 Å². The smallest absolute Gasteiger partial charge is 0.269 e. The van der Waals surface area contributed by atoms with Gasteiger partial charge in [0.25, 0.3) is 5.91 Å². The summed E-state index contributed by atoms with van der Waals surface area (Å²) in [6.45, 7) is 2.72. The van der Waals surface area contributed by atoms with Gasteiger partial charge in [-0.15, -0.1) is 0 Å². The van der Waals surface area contributed by atoms with Gasteiger partial charge in [-0.25, -0.2) is 4.68 Å². The van der Waals surface area contributed by atoms with Gasteiger partial charge in [0, 0.05) is 31.0 Å². The van der Waals surface area contributed by atoms with E-state index in [9.17, 15) is 4.79 Å². The van der Waals surface area contributed by atoms with Crippen LogP contribution in [-0.4, -0.2) is 38.3 Å². The van der Waals surface area contributed by atoms with Crippen molar-refractivity contribution in [3.8, 4) is 11.3 Å². The van der Waals surface area contributed by atoms with E-state index < -0.39 is 5.91 Å². The Kier molecular flexibility index (Phi) is 6.03. The number of aryl methyl sites for hydroxylation is 2. The summed E-state index contributed by atoms with van der Waals surface area (Å²) in [6, 6.07) is 0. The zero-order chi connectivity index (χ0) is 18.7. The number of aromatic nitrogens is 4. The quantitative estimate of drug-likeness (QED) is 0.519. The van der Waals surface area contributed by atoms with E-state index in [1.54, 1.807) is 7.11 Å². The van der Waals surface area contributed by atoms with Gasteiger partial charge in [-0.2, -0.15) is 22.8 Å². The van der Waals surface area contributed by atoms with Gasteiger partial charge in [0.05, 0.1) is 11.4 Å². The number of hydrogen-bond acceptors (Lipinski definition) is 5. The second-order valence-corrected chi connectivity index (χ2v) is 7.15. The van der Waals surface area contributed by atoms with Crippen molar-refractivity contribution in [2.75, 3.05) is 12.9 Å². The molecule has 0 saturated carbocycles. The van der Waals surface area contributed by atoms with Crippen LogP contribution in [0, 0.1) is 0 Å². The van der Waals surface area contributed by atoms with Gasteiger partial charge in [-0.3, -0.25) is 9.48 Å². The SMILES string of the molecule is COC(C)n1cc2c(n1)CCc1c(C(N)=O)nn(CCCCCCS)c1-2. The van der Waals surface area contributed by atoms with Gasteiger partial charge in [0.1, 0.15) is 6.23 Å². The van der Waals surface area contributed by atoms with Crippen molar-refractivity contribution in [2.24, 2.45) is 5.73 Å². The molecule has 2 aromatic rings. The van der Waals surface area contributed by atoms with Crippen molar-refractivity contribution >= 4 is 18.5 Å². The average molecular weight is 378 g/mol. The number of unbranched alkanes of at least 4 members (excludes halogenated alkanes) is 3. The van der Waals surface area contributed by atoms with E-state index in [2.05, 4.69) is 22.8 Å². The van der Waals surface area contributed by atoms with E-state index in [0.29, 0.717) is 5.69 Å². The third-order valence-corrected chi connectivity index (χ3v) is 5.27. The highest BCUT2D eigenvalue weighted by Gasteiger charge is 2.29. The van der Waals surface area contributed by atoms with E-state index in [4.69, 9.17) is 10.5 Å². The van der Waals surface area contributed by atoms with E-state index >= 15 is 0 Å². The van der Waals surface area contributed by atoms with Gasteiger partial charge in [-0.1, -0.05) is 12.8 Å². The number of rotatable bonds is 9. The lowest BCUT2D eigenvalue weighted by molar-refractivity contribution is 0.0498. The molecule has 0 spiro atoms. The van der Waals surface area contributed by atoms with Gasteiger partial charge < -0.3 is 10.5 Å². The summed E-state index contributed by atoms with van der Waals surface area (Å²) < 4.78 is 9.14. The molecule has 1 atom stereocenters. The highest BCUT2D eigenvalue weighted by molar-refractivity contribution is 7.80. The van der Waals surface area contributed by atoms with Crippen LogP contribution in [0.2, 0.25) is 0 Å². The van der Waals surface area contributed by atoms with Crippen molar-refractivity contribution in [3.63, 3.8) is 0 Å². The Morgan fingerprint density at radius 2 is 2.08 bits per heavy atom. The van der Waals surface area contributed by atoms with Crippen LogP contribution in [0.3, 0.4) is 0 Å². The van der Waals surface area contributed by atoms with E-state index in [1.807, 2.05) is 22.5 Å². The fourth-order valence-corrected chi connectivity index (χ4v) is 3.70. The van der Waals surface area contributed by atoms with E-state index in [1.165, 1.54) is 0 Å². The molecule has 8 heteroatoms. The predicted octanol–water partition coefficient (Wildman–Crippen LogP) is 2.60. The van der Waals surface area contributed by atoms with Crippen LogP contribution >= 0.6 is 12.6 Å². The molecule has 0 bridgehead atoms. The molecule has 142 valence electrons. The van der Waals surface area contributed by atoms with Gasteiger partial charge in [0.15, 0.2) is 5.69 Å². The minimum absolute atomic E-state index is 0.141. The number of ether oxygens (including phenoxy) is 1. The molecule has 1 unspecified atom stereocenters. The summed E-state index contributed by atoms with van der Waals surface area (Å²) in [6.07, 6.45) is 7.77. The first-order valence-electron chi connectivity index (χ1n) is 9.18. The lowest BCUT2D eigenvalue weighted by Crippen LogP contribution is -2.15.